The Balaban J connectivity index is 1.88. The van der Waals surface area contributed by atoms with E-state index in [1.165, 1.54) is 0 Å². The van der Waals surface area contributed by atoms with Crippen LogP contribution in [-0.4, -0.2) is 35.1 Å². The first-order chi connectivity index (χ1) is 12.6. The summed E-state index contributed by atoms with van der Waals surface area (Å²) in [4.78, 5) is 28.8. The molecule has 7 heteroatoms. The van der Waals surface area contributed by atoms with Gasteiger partial charge in [0, 0.05) is 17.2 Å². The normalized spacial score (nSPS) is 19.5. The van der Waals surface area contributed by atoms with Crippen LogP contribution in [0.15, 0.2) is 41.8 Å². The predicted molar refractivity (Wildman–Crippen MR) is 109 cm³/mol. The van der Waals surface area contributed by atoms with Gasteiger partial charge < -0.3 is 10.2 Å². The van der Waals surface area contributed by atoms with Gasteiger partial charge in [0.25, 0.3) is 5.91 Å². The molecule has 0 bridgehead atoms. The van der Waals surface area contributed by atoms with Crippen LogP contribution in [0.25, 0.3) is 0 Å². The molecular weight excluding hydrogens is 388 g/mol. The van der Waals surface area contributed by atoms with Crippen LogP contribution < -0.4 is 5.32 Å². The van der Waals surface area contributed by atoms with Crippen molar-refractivity contribution in [2.45, 2.75) is 31.2 Å². The minimum absolute atomic E-state index is 0.0922. The smallest absolute Gasteiger partial charge is 0.257 e. The van der Waals surface area contributed by atoms with Gasteiger partial charge >= 0.3 is 0 Å². The quantitative estimate of drug-likeness (QED) is 0.712. The molecule has 2 amide bonds. The average Bonchev–Trinajstić information content (AvgIpc) is 3.31. The van der Waals surface area contributed by atoms with Gasteiger partial charge in [0.15, 0.2) is 0 Å². The summed E-state index contributed by atoms with van der Waals surface area (Å²) in [5, 5.41) is 5.20. The number of benzene rings is 1. The fraction of sp³-hybridized carbons (Fsp3) is 0.368. The monoisotopic (exact) mass is 408 g/mol. The first-order valence-electron chi connectivity index (χ1n) is 8.63. The van der Waals surface area contributed by atoms with Gasteiger partial charge in [0.05, 0.1) is 10.6 Å². The molecule has 0 aliphatic carbocycles. The van der Waals surface area contributed by atoms with Gasteiger partial charge in [-0.05, 0) is 30.0 Å². The largest absolute Gasteiger partial charge is 0.354 e. The lowest BCUT2D eigenvalue weighted by atomic mass is 10.1. The number of hydrogen-bond acceptors (Lipinski definition) is 4. The number of thioether (sulfide) groups is 1. The van der Waals surface area contributed by atoms with Crippen LogP contribution in [0.2, 0.25) is 5.02 Å². The maximum absolute atomic E-state index is 13.3. The molecule has 0 saturated carbocycles. The molecule has 26 heavy (non-hydrogen) atoms. The summed E-state index contributed by atoms with van der Waals surface area (Å²) in [7, 11) is 0. The highest BCUT2D eigenvalue weighted by Gasteiger charge is 2.43. The number of unbranched alkanes of at least 4 members (excludes halogenated alkanes) is 1. The molecule has 1 aromatic heterocycles. The summed E-state index contributed by atoms with van der Waals surface area (Å²) in [5.41, 5.74) is 0.435. The van der Waals surface area contributed by atoms with Gasteiger partial charge in [-0.1, -0.05) is 43.1 Å². The zero-order valence-electron chi connectivity index (χ0n) is 14.5. The SMILES string of the molecule is CCCCNC(=O)[C@@H]1CS[C@@H](c2cccs2)N1C(=O)c1ccccc1Cl. The van der Waals surface area contributed by atoms with Crippen LogP contribution in [0, 0.1) is 0 Å². The molecule has 1 saturated heterocycles. The molecule has 4 nitrogen and oxygen atoms in total. The van der Waals surface area contributed by atoms with Crippen molar-refractivity contribution in [3.8, 4) is 0 Å². The molecule has 1 aromatic carbocycles. The van der Waals surface area contributed by atoms with E-state index < -0.39 is 6.04 Å². The van der Waals surface area contributed by atoms with Crippen LogP contribution in [0.5, 0.6) is 0 Å². The van der Waals surface area contributed by atoms with Crippen LogP contribution in [0.1, 0.15) is 40.4 Å². The van der Waals surface area contributed by atoms with Crippen LogP contribution >= 0.6 is 34.7 Å². The number of thiophene rings is 1. The van der Waals surface area contributed by atoms with E-state index in [2.05, 4.69) is 12.2 Å². The van der Waals surface area contributed by atoms with Crippen molar-refractivity contribution < 1.29 is 9.59 Å². The minimum atomic E-state index is -0.493. The van der Waals surface area contributed by atoms with Crippen molar-refractivity contribution in [2.24, 2.45) is 0 Å². The highest BCUT2D eigenvalue weighted by molar-refractivity contribution is 7.99. The average molecular weight is 409 g/mol. The zero-order chi connectivity index (χ0) is 18.5. The third-order valence-electron chi connectivity index (χ3n) is 4.26. The van der Waals surface area contributed by atoms with Gasteiger partial charge in [-0.15, -0.1) is 23.1 Å². The van der Waals surface area contributed by atoms with E-state index in [4.69, 9.17) is 11.6 Å². The van der Waals surface area contributed by atoms with Crippen LogP contribution in [0.3, 0.4) is 0 Å². The Hall–Kier alpha value is -1.50. The number of halogens is 1. The molecule has 0 radical (unpaired) electrons. The van der Waals surface area contributed by atoms with Gasteiger partial charge in [0.2, 0.25) is 5.91 Å². The van der Waals surface area contributed by atoms with Crippen molar-refractivity contribution in [3.63, 3.8) is 0 Å². The summed E-state index contributed by atoms with van der Waals surface area (Å²) in [6.07, 6.45) is 1.94. The second-order valence-corrected chi connectivity index (χ2v) is 8.55. The lowest BCUT2D eigenvalue weighted by Gasteiger charge is -2.28. The number of hydrogen-bond donors (Lipinski definition) is 1. The van der Waals surface area contributed by atoms with Gasteiger partial charge in [0.1, 0.15) is 11.4 Å². The Kier molecular flexibility index (Phi) is 6.62. The molecule has 0 unspecified atom stereocenters. The molecular formula is C19H21ClN2O2S2. The number of nitrogens with one attached hydrogen (secondary N) is 1. The van der Waals surface area contributed by atoms with Crippen LogP contribution in [0.4, 0.5) is 0 Å². The van der Waals surface area contributed by atoms with Crippen molar-refractivity contribution >= 4 is 46.5 Å². The molecule has 2 atom stereocenters. The second-order valence-electron chi connectivity index (χ2n) is 6.05. The Labute approximate surface area is 166 Å². The Bertz CT molecular complexity index is 767. The number of carbonyl (C=O) groups excluding carboxylic acids is 2. The Morgan fingerprint density at radius 2 is 2.08 bits per heavy atom. The van der Waals surface area contributed by atoms with Gasteiger partial charge in [-0.3, -0.25) is 9.59 Å². The summed E-state index contributed by atoms with van der Waals surface area (Å²) in [5.74, 6) is 0.288. The molecule has 1 aliphatic heterocycles. The molecule has 2 heterocycles. The number of rotatable bonds is 6. The molecule has 2 aromatic rings. The number of amides is 2. The van der Waals surface area contributed by atoms with E-state index in [0.717, 1.165) is 17.7 Å². The Morgan fingerprint density at radius 3 is 2.77 bits per heavy atom. The Morgan fingerprint density at radius 1 is 1.27 bits per heavy atom. The topological polar surface area (TPSA) is 49.4 Å². The third-order valence-corrected chi connectivity index (χ3v) is 6.97. The highest BCUT2D eigenvalue weighted by atomic mass is 35.5. The second kappa shape index (κ2) is 8.93. The summed E-state index contributed by atoms with van der Waals surface area (Å²) in [6, 6.07) is 10.5. The molecule has 1 N–H and O–H groups in total. The number of carbonyl (C=O) groups is 2. The maximum atomic E-state index is 13.3. The van der Waals surface area contributed by atoms with Crippen LogP contribution in [-0.2, 0) is 4.79 Å². The van der Waals surface area contributed by atoms with Gasteiger partial charge in [-0.25, -0.2) is 0 Å². The van der Waals surface area contributed by atoms with Gasteiger partial charge in [-0.2, -0.15) is 0 Å². The van der Waals surface area contributed by atoms with Crippen molar-refractivity contribution in [3.05, 3.63) is 57.2 Å². The maximum Gasteiger partial charge on any atom is 0.257 e. The minimum Gasteiger partial charge on any atom is -0.354 e. The van der Waals surface area contributed by atoms with Crippen molar-refractivity contribution in [1.29, 1.82) is 0 Å². The summed E-state index contributed by atoms with van der Waals surface area (Å²) in [6.45, 7) is 2.71. The lowest BCUT2D eigenvalue weighted by Crippen LogP contribution is -2.48. The molecule has 3 rings (SSSR count). The van der Waals surface area contributed by atoms with E-state index in [1.54, 1.807) is 52.3 Å². The summed E-state index contributed by atoms with van der Waals surface area (Å²) >= 11 is 9.47. The predicted octanol–water partition coefficient (Wildman–Crippen LogP) is 4.57. The molecule has 0 spiro atoms. The van der Waals surface area contributed by atoms with Crippen molar-refractivity contribution in [2.75, 3.05) is 12.3 Å². The van der Waals surface area contributed by atoms with E-state index in [1.807, 2.05) is 17.5 Å². The first-order valence-corrected chi connectivity index (χ1v) is 10.9. The van der Waals surface area contributed by atoms with E-state index in [9.17, 15) is 9.59 Å². The van der Waals surface area contributed by atoms with E-state index >= 15 is 0 Å². The standard InChI is InChI=1S/C19H21ClN2O2S2/c1-2-3-10-21-17(23)15-12-26-19(16-9-6-11-25-16)22(15)18(24)13-7-4-5-8-14(13)20/h4-9,11,15,19H,2-3,10,12H2,1H3,(H,21,23)/t15-,19-/m0/s1. The fourth-order valence-electron chi connectivity index (χ4n) is 2.89. The first kappa shape index (κ1) is 19.3. The third kappa shape index (κ3) is 4.08. The molecule has 1 aliphatic rings. The zero-order valence-corrected chi connectivity index (χ0v) is 16.9. The van der Waals surface area contributed by atoms with E-state index in [0.29, 0.717) is 22.9 Å². The highest BCUT2D eigenvalue weighted by Crippen LogP contribution is 2.44. The summed E-state index contributed by atoms with van der Waals surface area (Å²) < 4.78 is 0. The molecule has 138 valence electrons. The lowest BCUT2D eigenvalue weighted by molar-refractivity contribution is -0.124. The molecule has 1 fully saturated rings. The number of nitrogens with zero attached hydrogens (tertiary/aromatic N) is 1. The van der Waals surface area contributed by atoms with Crippen molar-refractivity contribution in [1.82, 2.24) is 10.2 Å². The van der Waals surface area contributed by atoms with E-state index in [-0.39, 0.29) is 17.2 Å². The fourth-order valence-corrected chi connectivity index (χ4v) is 5.50.